The predicted molar refractivity (Wildman–Crippen MR) is 41.0 cm³/mol. The lowest BCUT2D eigenvalue weighted by Crippen LogP contribution is -1.65. The fraction of sp³-hybridized carbons (Fsp3) is 0.167. The van der Waals surface area contributed by atoms with Crippen LogP contribution in [0.5, 0.6) is 0 Å². The summed E-state index contributed by atoms with van der Waals surface area (Å²) in [7, 11) is 0. The van der Waals surface area contributed by atoms with Gasteiger partial charge in [-0.25, -0.2) is 0 Å². The summed E-state index contributed by atoms with van der Waals surface area (Å²) >= 11 is 1.49. The molecule has 0 saturated carbocycles. The van der Waals surface area contributed by atoms with E-state index in [4.69, 9.17) is 5.26 Å². The molecule has 0 N–H and O–H groups in total. The second kappa shape index (κ2) is 3.49. The summed E-state index contributed by atoms with van der Waals surface area (Å²) in [6.45, 7) is 1.94. The third-order valence-corrected chi connectivity index (χ3v) is 1.88. The molecule has 1 nitrogen and oxygen atoms in total. The van der Waals surface area contributed by atoms with Crippen LogP contribution in [0.1, 0.15) is 10.4 Å². The molecule has 3 heteroatoms. The Kier molecular flexibility index (Phi) is 3.29. The number of thiophene rings is 1. The quantitative estimate of drug-likeness (QED) is 0.570. The molecule has 1 rings (SSSR count). The number of hydrogen-bond donors (Lipinski definition) is 0. The normalized spacial score (nSPS) is 7.56. The minimum Gasteiger partial charge on any atom is -0.192 e. The Bertz CT molecular complexity index is 223. The first kappa shape index (κ1) is 8.48. The highest BCUT2D eigenvalue weighted by molar-refractivity contribution is 7.10. The van der Waals surface area contributed by atoms with Gasteiger partial charge >= 0.3 is 0 Å². The predicted octanol–water partition coefficient (Wildman–Crippen LogP) is 2.35. The molecule has 1 aromatic heterocycles. The standard InChI is InChI=1S/C6H5NS.ClH/c1-5-2-3-8-6(5)4-7;/h2-3H,1H3;1H. The summed E-state index contributed by atoms with van der Waals surface area (Å²) < 4.78 is 0. The van der Waals surface area contributed by atoms with Crippen molar-refractivity contribution < 1.29 is 0 Å². The van der Waals surface area contributed by atoms with Crippen LogP contribution in [-0.2, 0) is 0 Å². The Morgan fingerprint density at radius 3 is 2.56 bits per heavy atom. The molecule has 0 unspecified atom stereocenters. The van der Waals surface area contributed by atoms with Crippen LogP contribution in [0.4, 0.5) is 0 Å². The molecule has 1 heterocycles. The summed E-state index contributed by atoms with van der Waals surface area (Å²) in [6.07, 6.45) is 0. The number of rotatable bonds is 0. The van der Waals surface area contributed by atoms with Crippen LogP contribution < -0.4 is 0 Å². The smallest absolute Gasteiger partial charge is 0.110 e. The van der Waals surface area contributed by atoms with E-state index in [9.17, 15) is 0 Å². The molecule has 0 bridgehead atoms. The van der Waals surface area contributed by atoms with E-state index in [0.717, 1.165) is 10.4 Å². The van der Waals surface area contributed by atoms with Crippen LogP contribution in [-0.4, -0.2) is 0 Å². The van der Waals surface area contributed by atoms with Crippen molar-refractivity contribution in [3.63, 3.8) is 0 Å². The Hall–Kier alpha value is -0.520. The molecule has 0 aliphatic heterocycles. The molecule has 0 aliphatic rings. The highest BCUT2D eigenvalue weighted by Gasteiger charge is 1.93. The molecule has 48 valence electrons. The topological polar surface area (TPSA) is 23.8 Å². The van der Waals surface area contributed by atoms with E-state index >= 15 is 0 Å². The van der Waals surface area contributed by atoms with Gasteiger partial charge in [0.25, 0.3) is 0 Å². The van der Waals surface area contributed by atoms with Crippen LogP contribution in [0.25, 0.3) is 0 Å². The Morgan fingerprint density at radius 1 is 1.67 bits per heavy atom. The first-order valence-electron chi connectivity index (χ1n) is 2.29. The van der Waals surface area contributed by atoms with Gasteiger partial charge in [-0.1, -0.05) is 0 Å². The highest BCUT2D eigenvalue weighted by Crippen LogP contribution is 2.12. The van der Waals surface area contributed by atoms with Crippen molar-refractivity contribution in [1.82, 2.24) is 0 Å². The number of halogens is 1. The van der Waals surface area contributed by atoms with Gasteiger partial charge in [-0.05, 0) is 23.9 Å². The number of aryl methyl sites for hydroxylation is 1. The number of nitriles is 1. The van der Waals surface area contributed by atoms with Crippen molar-refractivity contribution in [2.45, 2.75) is 6.92 Å². The maximum absolute atomic E-state index is 8.37. The zero-order valence-electron chi connectivity index (χ0n) is 4.92. The molecular weight excluding hydrogens is 154 g/mol. The molecule has 0 amide bonds. The molecule has 0 aromatic carbocycles. The summed E-state index contributed by atoms with van der Waals surface area (Å²) in [5, 5.41) is 10.3. The maximum atomic E-state index is 8.37. The molecule has 0 aliphatic carbocycles. The average Bonchev–Trinajstić information content (AvgIpc) is 2.14. The largest absolute Gasteiger partial charge is 0.192 e. The van der Waals surface area contributed by atoms with E-state index in [-0.39, 0.29) is 12.4 Å². The molecule has 9 heavy (non-hydrogen) atoms. The second-order valence-corrected chi connectivity index (χ2v) is 2.46. The van der Waals surface area contributed by atoms with E-state index < -0.39 is 0 Å². The zero-order valence-corrected chi connectivity index (χ0v) is 6.55. The van der Waals surface area contributed by atoms with E-state index in [1.54, 1.807) is 0 Å². The molecule has 1 aromatic rings. The van der Waals surface area contributed by atoms with Crippen LogP contribution in [0.2, 0.25) is 0 Å². The Balaban J connectivity index is 0.000000640. The van der Waals surface area contributed by atoms with Crippen molar-refractivity contribution in [2.75, 3.05) is 0 Å². The van der Waals surface area contributed by atoms with Crippen molar-refractivity contribution in [1.29, 1.82) is 5.26 Å². The maximum Gasteiger partial charge on any atom is 0.110 e. The molecule has 0 atom stereocenters. The lowest BCUT2D eigenvalue weighted by molar-refractivity contribution is 1.47. The van der Waals surface area contributed by atoms with Gasteiger partial charge in [0.1, 0.15) is 10.9 Å². The van der Waals surface area contributed by atoms with Crippen molar-refractivity contribution in [3.05, 3.63) is 21.9 Å². The SMILES string of the molecule is Cc1ccsc1C#N.Cl. The van der Waals surface area contributed by atoms with Gasteiger partial charge in [-0.15, -0.1) is 23.7 Å². The van der Waals surface area contributed by atoms with Crippen molar-refractivity contribution in [2.24, 2.45) is 0 Å². The monoisotopic (exact) mass is 159 g/mol. The molecular formula is C6H6ClNS. The Labute approximate surface area is 64.3 Å². The van der Waals surface area contributed by atoms with Crippen molar-refractivity contribution in [3.8, 4) is 6.07 Å². The van der Waals surface area contributed by atoms with E-state index in [1.807, 2.05) is 18.4 Å². The number of nitrogens with zero attached hydrogens (tertiary/aromatic N) is 1. The van der Waals surface area contributed by atoms with Gasteiger partial charge in [-0.3, -0.25) is 0 Å². The fourth-order valence-corrected chi connectivity index (χ4v) is 1.20. The summed E-state index contributed by atoms with van der Waals surface area (Å²) in [4.78, 5) is 0.824. The van der Waals surface area contributed by atoms with Gasteiger partial charge in [0.05, 0.1) is 0 Å². The summed E-state index contributed by atoms with van der Waals surface area (Å²) in [5.74, 6) is 0. The fourth-order valence-electron chi connectivity index (χ4n) is 0.487. The van der Waals surface area contributed by atoms with E-state index in [2.05, 4.69) is 6.07 Å². The Morgan fingerprint density at radius 2 is 2.33 bits per heavy atom. The van der Waals surface area contributed by atoms with Crippen LogP contribution >= 0.6 is 23.7 Å². The van der Waals surface area contributed by atoms with E-state index in [0.29, 0.717) is 0 Å². The second-order valence-electron chi connectivity index (χ2n) is 1.54. The van der Waals surface area contributed by atoms with E-state index in [1.165, 1.54) is 11.3 Å². The number of hydrogen-bond acceptors (Lipinski definition) is 2. The van der Waals surface area contributed by atoms with Crippen LogP contribution in [0.15, 0.2) is 11.4 Å². The summed E-state index contributed by atoms with van der Waals surface area (Å²) in [6, 6.07) is 4.04. The zero-order chi connectivity index (χ0) is 5.98. The molecule has 0 radical (unpaired) electrons. The van der Waals surface area contributed by atoms with Gasteiger partial charge in [-0.2, -0.15) is 5.26 Å². The highest BCUT2D eigenvalue weighted by atomic mass is 35.5. The third kappa shape index (κ3) is 1.70. The van der Waals surface area contributed by atoms with Crippen LogP contribution in [0.3, 0.4) is 0 Å². The van der Waals surface area contributed by atoms with Gasteiger partial charge in [0.2, 0.25) is 0 Å². The van der Waals surface area contributed by atoms with Crippen LogP contribution in [0, 0.1) is 18.3 Å². The van der Waals surface area contributed by atoms with Crippen molar-refractivity contribution >= 4 is 23.7 Å². The van der Waals surface area contributed by atoms with Gasteiger partial charge in [0.15, 0.2) is 0 Å². The lowest BCUT2D eigenvalue weighted by atomic mass is 10.3. The summed E-state index contributed by atoms with van der Waals surface area (Å²) in [5.41, 5.74) is 1.08. The molecule has 0 saturated heterocycles. The first-order valence-corrected chi connectivity index (χ1v) is 3.17. The van der Waals surface area contributed by atoms with Gasteiger partial charge < -0.3 is 0 Å². The van der Waals surface area contributed by atoms with Gasteiger partial charge in [0, 0.05) is 0 Å². The lowest BCUT2D eigenvalue weighted by Gasteiger charge is -1.76. The minimum atomic E-state index is 0. The molecule has 0 spiro atoms. The molecule has 0 fully saturated rings. The average molecular weight is 160 g/mol. The minimum absolute atomic E-state index is 0. The first-order chi connectivity index (χ1) is 3.84. The third-order valence-electron chi connectivity index (χ3n) is 0.964.